The SMILES string of the molecule is COC1=C(O)/C(=N\c2ccc(O)cc2Cl)C=C(Nc2ccc(O)cc2Cl)C1=O. The van der Waals surface area contributed by atoms with Gasteiger partial charge in [-0.05, 0) is 30.3 Å². The highest BCUT2D eigenvalue weighted by Crippen LogP contribution is 2.32. The number of phenolic OH excluding ortho intramolecular Hbond substituents is 2. The van der Waals surface area contributed by atoms with Gasteiger partial charge < -0.3 is 25.4 Å². The van der Waals surface area contributed by atoms with E-state index in [9.17, 15) is 20.1 Å². The number of allylic oxidation sites excluding steroid dienone is 1. The van der Waals surface area contributed by atoms with E-state index >= 15 is 0 Å². The van der Waals surface area contributed by atoms with Crippen molar-refractivity contribution in [1.82, 2.24) is 0 Å². The van der Waals surface area contributed by atoms with E-state index in [0.717, 1.165) is 0 Å². The van der Waals surface area contributed by atoms with Gasteiger partial charge in [-0.25, -0.2) is 4.99 Å². The molecule has 0 unspecified atom stereocenters. The highest BCUT2D eigenvalue weighted by molar-refractivity contribution is 6.34. The number of hydrogen-bond acceptors (Lipinski definition) is 7. The maximum Gasteiger partial charge on any atom is 0.247 e. The number of rotatable bonds is 4. The van der Waals surface area contributed by atoms with Crippen molar-refractivity contribution in [2.45, 2.75) is 0 Å². The summed E-state index contributed by atoms with van der Waals surface area (Å²) in [6.07, 6.45) is 1.31. The third-order valence-corrected chi connectivity index (χ3v) is 4.40. The Morgan fingerprint density at radius 2 is 1.64 bits per heavy atom. The summed E-state index contributed by atoms with van der Waals surface area (Å²) in [7, 11) is 1.24. The fraction of sp³-hybridized carbons (Fsp3) is 0.0526. The van der Waals surface area contributed by atoms with Crippen LogP contribution in [0.1, 0.15) is 0 Å². The van der Waals surface area contributed by atoms with Gasteiger partial charge in [0.15, 0.2) is 5.76 Å². The highest BCUT2D eigenvalue weighted by Gasteiger charge is 2.29. The van der Waals surface area contributed by atoms with Crippen LogP contribution in [0.5, 0.6) is 11.5 Å². The highest BCUT2D eigenvalue weighted by atomic mass is 35.5. The number of carbonyl (C=O) groups excluding carboxylic acids is 1. The van der Waals surface area contributed by atoms with Crippen LogP contribution in [0.15, 0.2) is 64.7 Å². The number of phenols is 2. The largest absolute Gasteiger partial charge is 0.508 e. The molecular formula is C19H14Cl2N2O5. The number of nitrogens with one attached hydrogen (secondary N) is 1. The van der Waals surface area contributed by atoms with Crippen LogP contribution in [-0.2, 0) is 9.53 Å². The molecule has 0 saturated carbocycles. The Kier molecular flexibility index (Phi) is 5.48. The molecule has 0 radical (unpaired) electrons. The van der Waals surface area contributed by atoms with Crippen LogP contribution in [-0.4, -0.2) is 33.9 Å². The smallest absolute Gasteiger partial charge is 0.247 e. The molecule has 0 saturated heterocycles. The molecule has 0 bridgehead atoms. The second-order valence-electron chi connectivity index (χ2n) is 5.69. The second kappa shape index (κ2) is 7.84. The first-order valence-electron chi connectivity index (χ1n) is 7.87. The number of carbonyl (C=O) groups is 1. The van der Waals surface area contributed by atoms with Crippen LogP contribution in [0.2, 0.25) is 10.0 Å². The average Bonchev–Trinajstić information content (AvgIpc) is 2.63. The summed E-state index contributed by atoms with van der Waals surface area (Å²) in [6, 6.07) is 8.34. The van der Waals surface area contributed by atoms with Crippen molar-refractivity contribution >= 4 is 46.1 Å². The van der Waals surface area contributed by atoms with Crippen LogP contribution in [0, 0.1) is 0 Å². The van der Waals surface area contributed by atoms with Gasteiger partial charge in [-0.2, -0.15) is 0 Å². The molecule has 7 nitrogen and oxygen atoms in total. The van der Waals surface area contributed by atoms with Crippen molar-refractivity contribution < 1.29 is 24.9 Å². The van der Waals surface area contributed by atoms with Crippen molar-refractivity contribution in [3.05, 3.63) is 69.7 Å². The van der Waals surface area contributed by atoms with E-state index in [-0.39, 0.29) is 44.4 Å². The lowest BCUT2D eigenvalue weighted by molar-refractivity contribution is -0.115. The zero-order valence-electron chi connectivity index (χ0n) is 14.4. The molecule has 9 heteroatoms. The Balaban J connectivity index is 2.06. The Morgan fingerprint density at radius 3 is 2.25 bits per heavy atom. The van der Waals surface area contributed by atoms with E-state index in [2.05, 4.69) is 10.3 Å². The van der Waals surface area contributed by atoms with Crippen molar-refractivity contribution in [3.63, 3.8) is 0 Å². The second-order valence-corrected chi connectivity index (χ2v) is 6.51. The number of aliphatic hydroxyl groups is 1. The molecule has 2 aromatic carbocycles. The lowest BCUT2D eigenvalue weighted by Gasteiger charge is -2.18. The summed E-state index contributed by atoms with van der Waals surface area (Å²) >= 11 is 12.1. The number of halogens is 2. The first-order valence-corrected chi connectivity index (χ1v) is 8.62. The summed E-state index contributed by atoms with van der Waals surface area (Å²) in [6.45, 7) is 0. The monoisotopic (exact) mass is 420 g/mol. The summed E-state index contributed by atoms with van der Waals surface area (Å²) in [5.41, 5.74) is 0.680. The van der Waals surface area contributed by atoms with Crippen LogP contribution < -0.4 is 5.32 Å². The fourth-order valence-corrected chi connectivity index (χ4v) is 2.89. The molecular weight excluding hydrogens is 407 g/mol. The summed E-state index contributed by atoms with van der Waals surface area (Å²) in [4.78, 5) is 16.8. The van der Waals surface area contributed by atoms with Gasteiger partial charge >= 0.3 is 0 Å². The van der Waals surface area contributed by atoms with Gasteiger partial charge in [0.2, 0.25) is 11.5 Å². The maximum atomic E-state index is 12.6. The number of aliphatic imine (C=N–C) groups is 1. The first kappa shape index (κ1) is 19.6. The first-order chi connectivity index (χ1) is 13.3. The van der Waals surface area contributed by atoms with Crippen LogP contribution >= 0.6 is 23.2 Å². The standard InChI is InChI=1S/C19H14Cl2N2O5/c1-28-19-17(26)15(22-13-4-2-9(24)6-11(13)20)8-16(18(19)27)23-14-5-3-10(25)7-12(14)21/h2-8,22,24-25,27H,1H3/b23-16-. The van der Waals surface area contributed by atoms with E-state index in [1.54, 1.807) is 0 Å². The van der Waals surface area contributed by atoms with Crippen molar-refractivity contribution in [2.24, 2.45) is 4.99 Å². The van der Waals surface area contributed by atoms with Gasteiger partial charge in [-0.15, -0.1) is 0 Å². The Morgan fingerprint density at radius 1 is 1.00 bits per heavy atom. The summed E-state index contributed by atoms with van der Waals surface area (Å²) < 4.78 is 5.02. The molecule has 0 aliphatic heterocycles. The minimum atomic E-state index is -0.611. The molecule has 144 valence electrons. The van der Waals surface area contributed by atoms with E-state index in [1.807, 2.05) is 0 Å². The number of methoxy groups -OCH3 is 1. The van der Waals surface area contributed by atoms with E-state index in [0.29, 0.717) is 5.69 Å². The van der Waals surface area contributed by atoms with E-state index in [1.165, 1.54) is 49.6 Å². The fourth-order valence-electron chi connectivity index (χ4n) is 2.45. The Hall–Kier alpha value is -3.16. The van der Waals surface area contributed by atoms with Crippen molar-refractivity contribution in [3.8, 4) is 11.5 Å². The topological polar surface area (TPSA) is 111 Å². The van der Waals surface area contributed by atoms with Crippen LogP contribution in [0.3, 0.4) is 0 Å². The lowest BCUT2D eigenvalue weighted by Crippen LogP contribution is -2.24. The number of Topliss-reactive ketones (excluding diaryl/α,β-unsaturated/α-hetero) is 1. The van der Waals surface area contributed by atoms with E-state index < -0.39 is 11.5 Å². The Labute approximate surface area is 169 Å². The third kappa shape index (κ3) is 3.90. The minimum absolute atomic E-state index is 0.0152. The predicted molar refractivity (Wildman–Crippen MR) is 107 cm³/mol. The van der Waals surface area contributed by atoms with Gasteiger partial charge in [-0.1, -0.05) is 23.2 Å². The van der Waals surface area contributed by atoms with Crippen molar-refractivity contribution in [1.29, 1.82) is 0 Å². The molecule has 0 amide bonds. The third-order valence-electron chi connectivity index (χ3n) is 3.79. The molecule has 0 fully saturated rings. The quantitative estimate of drug-likeness (QED) is 0.428. The number of aromatic hydroxyl groups is 2. The summed E-state index contributed by atoms with van der Waals surface area (Å²) in [5.74, 6) is -1.45. The van der Waals surface area contributed by atoms with Gasteiger partial charge in [0.1, 0.15) is 17.2 Å². The maximum absolute atomic E-state index is 12.6. The molecule has 2 aromatic rings. The number of ether oxygens (including phenoxy) is 1. The van der Waals surface area contributed by atoms with Crippen LogP contribution in [0.25, 0.3) is 0 Å². The molecule has 28 heavy (non-hydrogen) atoms. The predicted octanol–water partition coefficient (Wildman–Crippen LogP) is 4.47. The van der Waals surface area contributed by atoms with Crippen LogP contribution in [0.4, 0.5) is 11.4 Å². The van der Waals surface area contributed by atoms with Gasteiger partial charge in [-0.3, -0.25) is 4.79 Å². The number of aliphatic hydroxyl groups excluding tert-OH is 1. The molecule has 1 aliphatic carbocycles. The Bertz CT molecular complexity index is 1060. The molecule has 0 aromatic heterocycles. The molecule has 1 aliphatic rings. The number of nitrogens with zero attached hydrogens (tertiary/aromatic N) is 1. The van der Waals surface area contributed by atoms with Gasteiger partial charge in [0.05, 0.1) is 34.2 Å². The minimum Gasteiger partial charge on any atom is -0.508 e. The molecule has 4 N–H and O–H groups in total. The van der Waals surface area contributed by atoms with E-state index in [4.69, 9.17) is 27.9 Å². The number of benzene rings is 2. The summed E-state index contributed by atoms with van der Waals surface area (Å²) in [5, 5.41) is 32.5. The average molecular weight is 421 g/mol. The van der Waals surface area contributed by atoms with Gasteiger partial charge in [0, 0.05) is 12.1 Å². The molecule has 0 atom stereocenters. The zero-order valence-corrected chi connectivity index (χ0v) is 15.9. The lowest BCUT2D eigenvalue weighted by atomic mass is 10.0. The number of ketones is 1. The molecule has 0 heterocycles. The normalized spacial score (nSPS) is 15.6. The molecule has 0 spiro atoms. The van der Waals surface area contributed by atoms with Crippen molar-refractivity contribution in [2.75, 3.05) is 12.4 Å². The number of anilines is 1. The molecule has 3 rings (SSSR count). The van der Waals surface area contributed by atoms with Gasteiger partial charge in [0.25, 0.3) is 0 Å². The number of hydrogen-bond donors (Lipinski definition) is 4. The zero-order chi connectivity index (χ0) is 20.4.